The number of hydrogen-bond acceptors (Lipinski definition) is 5. The lowest BCUT2D eigenvalue weighted by Crippen LogP contribution is -2.51. The third kappa shape index (κ3) is 3.33. The normalized spacial score (nSPS) is 22.8. The van der Waals surface area contributed by atoms with Gasteiger partial charge in [-0.25, -0.2) is 8.42 Å². The second-order valence-corrected chi connectivity index (χ2v) is 8.97. The first-order chi connectivity index (χ1) is 11.4. The van der Waals surface area contributed by atoms with E-state index in [1.807, 2.05) is 19.1 Å². The number of carbonyl (C=O) groups excluding carboxylic acids is 1. The van der Waals surface area contributed by atoms with E-state index in [1.165, 1.54) is 16.1 Å². The summed E-state index contributed by atoms with van der Waals surface area (Å²) in [5, 5.41) is 0. The molecular formula is C16H22N2O4S2. The molecule has 0 saturated carbocycles. The van der Waals surface area contributed by atoms with Gasteiger partial charge in [-0.15, -0.1) is 11.8 Å². The van der Waals surface area contributed by atoms with Crippen LogP contribution in [0.3, 0.4) is 0 Å². The number of nitrogens with zero attached hydrogens (tertiary/aromatic N) is 2. The molecule has 0 bridgehead atoms. The second-order valence-electron chi connectivity index (χ2n) is 6.11. The van der Waals surface area contributed by atoms with Crippen LogP contribution in [0.15, 0.2) is 23.1 Å². The van der Waals surface area contributed by atoms with Crippen LogP contribution in [0.5, 0.6) is 0 Å². The Kier molecular flexibility index (Phi) is 5.19. The summed E-state index contributed by atoms with van der Waals surface area (Å²) in [6.45, 7) is 5.72. The molecule has 0 N–H and O–H groups in total. The first-order valence-corrected chi connectivity index (χ1v) is 10.5. The van der Waals surface area contributed by atoms with Crippen LogP contribution in [0, 0.1) is 13.8 Å². The van der Waals surface area contributed by atoms with Gasteiger partial charge in [-0.3, -0.25) is 4.79 Å². The molecule has 8 heteroatoms. The van der Waals surface area contributed by atoms with Gasteiger partial charge in [-0.05, 0) is 31.0 Å². The molecule has 132 valence electrons. The summed E-state index contributed by atoms with van der Waals surface area (Å²) in [5.41, 5.74) is 1.59. The summed E-state index contributed by atoms with van der Waals surface area (Å²) in [4.78, 5) is 14.8. The van der Waals surface area contributed by atoms with E-state index in [1.54, 1.807) is 17.9 Å². The maximum absolute atomic E-state index is 13.1. The molecule has 0 radical (unpaired) electrons. The van der Waals surface area contributed by atoms with Gasteiger partial charge in [0, 0.05) is 18.8 Å². The van der Waals surface area contributed by atoms with Crippen molar-refractivity contribution in [1.82, 2.24) is 9.21 Å². The smallest absolute Gasteiger partial charge is 0.244 e. The summed E-state index contributed by atoms with van der Waals surface area (Å²) in [7, 11) is -3.69. The Balaban J connectivity index is 1.89. The third-order valence-corrected chi connectivity index (χ3v) is 7.55. The summed E-state index contributed by atoms with van der Waals surface area (Å²) in [6.07, 6.45) is 0. The Hall–Kier alpha value is -1.09. The molecule has 24 heavy (non-hydrogen) atoms. The van der Waals surface area contributed by atoms with Gasteiger partial charge in [-0.1, -0.05) is 12.1 Å². The average Bonchev–Trinajstić information content (AvgIpc) is 3.07. The van der Waals surface area contributed by atoms with Gasteiger partial charge in [-0.2, -0.15) is 4.31 Å². The van der Waals surface area contributed by atoms with E-state index >= 15 is 0 Å². The third-order valence-electron chi connectivity index (χ3n) is 4.38. The van der Waals surface area contributed by atoms with Crippen LogP contribution >= 0.6 is 11.8 Å². The van der Waals surface area contributed by atoms with Gasteiger partial charge in [0.1, 0.15) is 6.04 Å². The molecule has 1 unspecified atom stereocenters. The summed E-state index contributed by atoms with van der Waals surface area (Å²) >= 11 is 1.48. The number of aryl methyl sites for hydroxylation is 2. The van der Waals surface area contributed by atoms with E-state index < -0.39 is 16.1 Å². The molecule has 2 aliphatic rings. The number of morpholine rings is 1. The van der Waals surface area contributed by atoms with Gasteiger partial charge >= 0.3 is 0 Å². The SMILES string of the molecule is Cc1ccc(C)c(S(=O)(=O)N2CSCC2C(=O)N2CCOCC2)c1. The lowest BCUT2D eigenvalue weighted by Gasteiger charge is -2.32. The van der Waals surface area contributed by atoms with E-state index in [0.29, 0.717) is 48.4 Å². The fourth-order valence-corrected chi connectivity index (χ4v) is 6.41. The number of carbonyl (C=O) groups is 1. The fraction of sp³-hybridized carbons (Fsp3) is 0.562. The van der Waals surface area contributed by atoms with Gasteiger partial charge in [0.05, 0.1) is 24.0 Å². The van der Waals surface area contributed by atoms with Crippen LogP contribution < -0.4 is 0 Å². The molecule has 1 atom stereocenters. The molecule has 2 aliphatic heterocycles. The molecule has 1 aromatic rings. The quantitative estimate of drug-likeness (QED) is 0.801. The van der Waals surface area contributed by atoms with Crippen LogP contribution in [-0.4, -0.2) is 67.5 Å². The van der Waals surface area contributed by atoms with E-state index in [9.17, 15) is 13.2 Å². The van der Waals surface area contributed by atoms with Gasteiger partial charge in [0.2, 0.25) is 15.9 Å². The van der Waals surface area contributed by atoms with E-state index in [-0.39, 0.29) is 5.91 Å². The zero-order valence-electron chi connectivity index (χ0n) is 13.9. The predicted octanol–water partition coefficient (Wildman–Crippen LogP) is 1.23. The Morgan fingerprint density at radius 3 is 2.67 bits per heavy atom. The van der Waals surface area contributed by atoms with Gasteiger partial charge < -0.3 is 9.64 Å². The monoisotopic (exact) mass is 370 g/mol. The minimum absolute atomic E-state index is 0.114. The minimum atomic E-state index is -3.69. The molecule has 0 spiro atoms. The first kappa shape index (κ1) is 17.7. The first-order valence-electron chi connectivity index (χ1n) is 7.94. The zero-order valence-corrected chi connectivity index (χ0v) is 15.5. The van der Waals surface area contributed by atoms with Crippen molar-refractivity contribution in [3.63, 3.8) is 0 Å². The Morgan fingerprint density at radius 1 is 1.25 bits per heavy atom. The highest BCUT2D eigenvalue weighted by molar-refractivity contribution is 8.00. The number of rotatable bonds is 3. The fourth-order valence-electron chi connectivity index (χ4n) is 2.96. The molecule has 2 fully saturated rings. The number of sulfonamides is 1. The molecule has 3 rings (SSSR count). The Morgan fingerprint density at radius 2 is 1.96 bits per heavy atom. The Labute approximate surface area is 147 Å². The highest BCUT2D eigenvalue weighted by Gasteiger charge is 2.42. The zero-order chi connectivity index (χ0) is 17.3. The van der Waals surface area contributed by atoms with Crippen molar-refractivity contribution >= 4 is 27.7 Å². The number of hydrogen-bond donors (Lipinski definition) is 0. The lowest BCUT2D eigenvalue weighted by atomic mass is 10.2. The predicted molar refractivity (Wildman–Crippen MR) is 93.5 cm³/mol. The van der Waals surface area contributed by atoms with E-state index in [0.717, 1.165) is 5.56 Å². The summed E-state index contributed by atoms with van der Waals surface area (Å²) in [6, 6.07) is 4.76. The van der Waals surface area contributed by atoms with Crippen LogP contribution in [0.1, 0.15) is 11.1 Å². The maximum atomic E-state index is 13.1. The van der Waals surface area contributed by atoms with Crippen molar-refractivity contribution in [2.75, 3.05) is 37.9 Å². The van der Waals surface area contributed by atoms with Crippen molar-refractivity contribution in [2.45, 2.75) is 24.8 Å². The number of benzene rings is 1. The number of thioether (sulfide) groups is 1. The number of amides is 1. The van der Waals surface area contributed by atoms with Gasteiger partial charge in [0.25, 0.3) is 0 Å². The van der Waals surface area contributed by atoms with Crippen LogP contribution in [-0.2, 0) is 19.6 Å². The van der Waals surface area contributed by atoms with Gasteiger partial charge in [0.15, 0.2) is 0 Å². The largest absolute Gasteiger partial charge is 0.378 e. The molecule has 0 aromatic heterocycles. The minimum Gasteiger partial charge on any atom is -0.378 e. The van der Waals surface area contributed by atoms with Crippen molar-refractivity contribution < 1.29 is 17.9 Å². The summed E-state index contributed by atoms with van der Waals surface area (Å²) in [5.74, 6) is 0.702. The number of ether oxygens (including phenoxy) is 1. The van der Waals surface area contributed by atoms with Crippen LogP contribution in [0.2, 0.25) is 0 Å². The molecule has 1 aromatic carbocycles. The molecule has 6 nitrogen and oxygen atoms in total. The molecule has 2 heterocycles. The molecule has 0 aliphatic carbocycles. The van der Waals surface area contributed by atoms with E-state index in [4.69, 9.17) is 4.74 Å². The van der Waals surface area contributed by atoms with Crippen LogP contribution in [0.25, 0.3) is 0 Å². The Bertz CT molecular complexity index is 730. The highest BCUT2D eigenvalue weighted by atomic mass is 32.2. The molecule has 1 amide bonds. The summed E-state index contributed by atoms with van der Waals surface area (Å²) < 4.78 is 32.9. The standard InChI is InChI=1S/C16H22N2O4S2/c1-12-3-4-13(2)15(9-12)24(20,21)18-11-23-10-14(18)16(19)17-5-7-22-8-6-17/h3-4,9,14H,5-8,10-11H2,1-2H3. The average molecular weight is 370 g/mol. The second kappa shape index (κ2) is 7.03. The molecular weight excluding hydrogens is 348 g/mol. The van der Waals surface area contributed by atoms with Crippen molar-refractivity contribution in [1.29, 1.82) is 0 Å². The topological polar surface area (TPSA) is 66.9 Å². The van der Waals surface area contributed by atoms with Crippen molar-refractivity contribution in [2.24, 2.45) is 0 Å². The van der Waals surface area contributed by atoms with Crippen molar-refractivity contribution in [3.05, 3.63) is 29.3 Å². The van der Waals surface area contributed by atoms with E-state index in [2.05, 4.69) is 0 Å². The maximum Gasteiger partial charge on any atom is 0.244 e. The van der Waals surface area contributed by atoms with Crippen LogP contribution in [0.4, 0.5) is 0 Å². The highest BCUT2D eigenvalue weighted by Crippen LogP contribution is 2.31. The van der Waals surface area contributed by atoms with Crippen molar-refractivity contribution in [3.8, 4) is 0 Å². The lowest BCUT2D eigenvalue weighted by molar-refractivity contribution is -0.138. The molecule has 2 saturated heterocycles.